The molecule has 0 aromatic heterocycles. The van der Waals surface area contributed by atoms with Gasteiger partial charge in [0.15, 0.2) is 11.5 Å². The zero-order valence-electron chi connectivity index (χ0n) is 17.0. The fraction of sp³-hybridized carbons (Fsp3) is 0.227. The van der Waals surface area contributed by atoms with Gasteiger partial charge in [0.2, 0.25) is 0 Å². The Morgan fingerprint density at radius 3 is 2.53 bits per heavy atom. The van der Waals surface area contributed by atoms with Crippen molar-refractivity contribution < 1.29 is 23.9 Å². The first-order valence-electron chi connectivity index (χ1n) is 9.25. The number of rotatable bonds is 5. The van der Waals surface area contributed by atoms with Crippen LogP contribution in [-0.4, -0.2) is 31.6 Å². The van der Waals surface area contributed by atoms with Crippen molar-refractivity contribution >= 4 is 45.5 Å². The molecule has 0 saturated carbocycles. The Balaban J connectivity index is 2.08. The first-order valence-corrected chi connectivity index (χ1v) is 10.0. The van der Waals surface area contributed by atoms with E-state index in [1.807, 2.05) is 26.0 Å². The molecule has 1 N–H and O–H groups in total. The van der Waals surface area contributed by atoms with Crippen LogP contribution in [0.3, 0.4) is 0 Å². The average molecular weight is 473 g/mol. The number of carbonyl (C=O) groups is 3. The molecular formula is C22H21BrN2O5. The minimum atomic E-state index is -0.776. The Labute approximate surface area is 182 Å². The molecule has 1 aliphatic rings. The van der Waals surface area contributed by atoms with E-state index in [4.69, 9.17) is 9.47 Å². The van der Waals surface area contributed by atoms with Crippen molar-refractivity contribution in [1.29, 1.82) is 0 Å². The van der Waals surface area contributed by atoms with E-state index in [9.17, 15) is 14.4 Å². The maximum Gasteiger partial charge on any atom is 0.335 e. The highest BCUT2D eigenvalue weighted by molar-refractivity contribution is 9.10. The first kappa shape index (κ1) is 21.6. The number of imide groups is 2. The summed E-state index contributed by atoms with van der Waals surface area (Å²) in [5.41, 5.74) is 2.44. The molecule has 0 radical (unpaired) electrons. The molecule has 4 amide bonds. The van der Waals surface area contributed by atoms with Crippen LogP contribution in [0, 0.1) is 13.8 Å². The van der Waals surface area contributed by atoms with Crippen molar-refractivity contribution in [3.63, 3.8) is 0 Å². The minimum absolute atomic E-state index is 0.157. The van der Waals surface area contributed by atoms with E-state index in [0.29, 0.717) is 33.8 Å². The third-order valence-corrected chi connectivity index (χ3v) is 5.14. The largest absolute Gasteiger partial charge is 0.492 e. The zero-order chi connectivity index (χ0) is 22.0. The Morgan fingerprint density at radius 1 is 1.13 bits per heavy atom. The third kappa shape index (κ3) is 4.09. The third-order valence-electron chi connectivity index (χ3n) is 4.55. The van der Waals surface area contributed by atoms with Crippen LogP contribution in [0.2, 0.25) is 0 Å². The average Bonchev–Trinajstić information content (AvgIpc) is 2.68. The van der Waals surface area contributed by atoms with E-state index in [0.717, 1.165) is 16.0 Å². The lowest BCUT2D eigenvalue weighted by atomic mass is 10.0. The van der Waals surface area contributed by atoms with Crippen LogP contribution in [0.25, 0.3) is 6.08 Å². The number of hydrogen-bond donors (Lipinski definition) is 1. The van der Waals surface area contributed by atoms with Gasteiger partial charge in [-0.2, -0.15) is 0 Å². The number of aryl methyl sites for hydroxylation is 2. The van der Waals surface area contributed by atoms with Crippen LogP contribution < -0.4 is 19.7 Å². The molecule has 0 bridgehead atoms. The summed E-state index contributed by atoms with van der Waals surface area (Å²) in [6, 6.07) is 8.03. The van der Waals surface area contributed by atoms with Gasteiger partial charge in [0, 0.05) is 0 Å². The molecule has 156 valence electrons. The van der Waals surface area contributed by atoms with Crippen molar-refractivity contribution in [3.05, 3.63) is 57.1 Å². The van der Waals surface area contributed by atoms with Crippen molar-refractivity contribution in [2.24, 2.45) is 0 Å². The first-order chi connectivity index (χ1) is 14.3. The summed E-state index contributed by atoms with van der Waals surface area (Å²) in [5.74, 6) is -0.475. The highest BCUT2D eigenvalue weighted by Gasteiger charge is 2.37. The zero-order valence-corrected chi connectivity index (χ0v) is 18.6. The lowest BCUT2D eigenvalue weighted by molar-refractivity contribution is -0.122. The van der Waals surface area contributed by atoms with Crippen LogP contribution >= 0.6 is 15.9 Å². The van der Waals surface area contributed by atoms with Crippen LogP contribution in [0.4, 0.5) is 10.5 Å². The summed E-state index contributed by atoms with van der Waals surface area (Å²) in [5, 5.41) is 2.24. The van der Waals surface area contributed by atoms with E-state index >= 15 is 0 Å². The number of anilines is 1. The van der Waals surface area contributed by atoms with E-state index in [1.54, 1.807) is 25.1 Å². The maximum atomic E-state index is 13.1. The predicted molar refractivity (Wildman–Crippen MR) is 117 cm³/mol. The summed E-state index contributed by atoms with van der Waals surface area (Å²) in [6.45, 7) is 5.91. The lowest BCUT2D eigenvalue weighted by Crippen LogP contribution is -2.54. The molecule has 1 fully saturated rings. The number of halogens is 1. The molecule has 0 unspecified atom stereocenters. The van der Waals surface area contributed by atoms with Crippen molar-refractivity contribution in [2.45, 2.75) is 20.8 Å². The van der Waals surface area contributed by atoms with Crippen molar-refractivity contribution in [2.75, 3.05) is 18.6 Å². The van der Waals surface area contributed by atoms with Crippen molar-refractivity contribution in [1.82, 2.24) is 5.32 Å². The number of nitrogens with one attached hydrogen (secondary N) is 1. The second kappa shape index (κ2) is 8.71. The fourth-order valence-electron chi connectivity index (χ4n) is 3.14. The maximum absolute atomic E-state index is 13.1. The number of ether oxygens (including phenoxy) is 2. The molecule has 8 heteroatoms. The highest BCUT2D eigenvalue weighted by atomic mass is 79.9. The van der Waals surface area contributed by atoms with Crippen LogP contribution in [0.15, 0.2) is 40.4 Å². The van der Waals surface area contributed by atoms with Gasteiger partial charge in [-0.25, -0.2) is 9.69 Å². The summed E-state index contributed by atoms with van der Waals surface area (Å²) < 4.78 is 11.5. The van der Waals surface area contributed by atoms with Gasteiger partial charge in [-0.15, -0.1) is 0 Å². The van der Waals surface area contributed by atoms with E-state index in [-0.39, 0.29) is 5.57 Å². The number of benzene rings is 2. The summed E-state index contributed by atoms with van der Waals surface area (Å²) >= 11 is 3.41. The van der Waals surface area contributed by atoms with E-state index < -0.39 is 17.8 Å². The molecule has 2 aromatic rings. The molecule has 30 heavy (non-hydrogen) atoms. The Kier molecular flexibility index (Phi) is 6.26. The number of urea groups is 1. The molecule has 1 aliphatic heterocycles. The van der Waals surface area contributed by atoms with E-state index in [2.05, 4.69) is 21.2 Å². The number of barbiturate groups is 1. The van der Waals surface area contributed by atoms with Gasteiger partial charge < -0.3 is 9.47 Å². The molecular weight excluding hydrogens is 452 g/mol. The smallest absolute Gasteiger partial charge is 0.335 e. The monoisotopic (exact) mass is 472 g/mol. The Hall–Kier alpha value is -3.13. The van der Waals surface area contributed by atoms with Crippen LogP contribution in [0.1, 0.15) is 23.6 Å². The summed E-state index contributed by atoms with van der Waals surface area (Å²) in [4.78, 5) is 39.0. The summed E-state index contributed by atoms with van der Waals surface area (Å²) in [7, 11) is 1.52. The van der Waals surface area contributed by atoms with Gasteiger partial charge in [-0.05, 0) is 77.7 Å². The lowest BCUT2D eigenvalue weighted by Gasteiger charge is -2.27. The number of methoxy groups -OCH3 is 1. The van der Waals surface area contributed by atoms with Gasteiger partial charge in [-0.1, -0.05) is 12.1 Å². The summed E-state index contributed by atoms with van der Waals surface area (Å²) in [6.07, 6.45) is 1.43. The highest BCUT2D eigenvalue weighted by Crippen LogP contribution is 2.37. The Morgan fingerprint density at radius 2 is 1.87 bits per heavy atom. The number of carbonyl (C=O) groups excluding carboxylic acids is 3. The Bertz CT molecular complexity index is 1080. The molecule has 7 nitrogen and oxygen atoms in total. The SMILES string of the molecule is CCOc1cc(/C=C2\C(=O)NC(=O)N(c3cc(C)ccc3C)C2=O)cc(Br)c1OC. The second-order valence-corrected chi connectivity index (χ2v) is 7.57. The number of nitrogens with zero attached hydrogens (tertiary/aromatic N) is 1. The number of amides is 4. The van der Waals surface area contributed by atoms with Crippen LogP contribution in [-0.2, 0) is 9.59 Å². The fourth-order valence-corrected chi connectivity index (χ4v) is 3.76. The second-order valence-electron chi connectivity index (χ2n) is 6.71. The van der Waals surface area contributed by atoms with Gasteiger partial charge in [0.05, 0.1) is 23.9 Å². The van der Waals surface area contributed by atoms with Gasteiger partial charge in [0.1, 0.15) is 5.57 Å². The normalized spacial score (nSPS) is 15.4. The molecule has 0 atom stereocenters. The topological polar surface area (TPSA) is 84.9 Å². The molecule has 1 heterocycles. The standard InChI is InChI=1S/C22H21BrN2O5/c1-5-30-18-11-14(10-16(23)19(18)29-4)9-15-20(26)24-22(28)25(21(15)27)17-8-12(2)6-7-13(17)3/h6-11H,5H2,1-4H3,(H,24,26,28)/b15-9+. The molecule has 1 saturated heterocycles. The minimum Gasteiger partial charge on any atom is -0.492 e. The van der Waals surface area contributed by atoms with Crippen LogP contribution in [0.5, 0.6) is 11.5 Å². The quantitative estimate of drug-likeness (QED) is 0.521. The van der Waals surface area contributed by atoms with Gasteiger partial charge in [-0.3, -0.25) is 14.9 Å². The van der Waals surface area contributed by atoms with Crippen molar-refractivity contribution in [3.8, 4) is 11.5 Å². The van der Waals surface area contributed by atoms with E-state index in [1.165, 1.54) is 13.2 Å². The number of hydrogen-bond acceptors (Lipinski definition) is 5. The predicted octanol–water partition coefficient (Wildman–Crippen LogP) is 4.14. The van der Waals surface area contributed by atoms with Gasteiger partial charge in [0.25, 0.3) is 11.8 Å². The molecule has 2 aromatic carbocycles. The molecule has 0 spiro atoms. The van der Waals surface area contributed by atoms with Gasteiger partial charge >= 0.3 is 6.03 Å². The molecule has 3 rings (SSSR count). The molecule has 0 aliphatic carbocycles.